The van der Waals surface area contributed by atoms with Crippen molar-refractivity contribution in [1.29, 1.82) is 0 Å². The summed E-state index contributed by atoms with van der Waals surface area (Å²) in [5, 5.41) is 2.64. The van der Waals surface area contributed by atoms with Gasteiger partial charge in [-0.15, -0.1) is 0 Å². The molecule has 0 aliphatic heterocycles. The number of benzene rings is 3. The van der Waals surface area contributed by atoms with E-state index in [1.54, 1.807) is 36.4 Å². The van der Waals surface area contributed by atoms with E-state index in [2.05, 4.69) is 5.32 Å². The number of carbonyl (C=O) groups excluding carboxylic acids is 2. The van der Waals surface area contributed by atoms with E-state index in [-0.39, 0.29) is 17.3 Å². The molecule has 0 saturated heterocycles. The molecule has 0 fully saturated rings. The Bertz CT molecular complexity index is 1370. The summed E-state index contributed by atoms with van der Waals surface area (Å²) in [6, 6.07) is 19.9. The summed E-state index contributed by atoms with van der Waals surface area (Å²) in [4.78, 5) is 28.3. The molecule has 0 saturated carbocycles. The Morgan fingerprint density at radius 1 is 0.923 bits per heavy atom. The van der Waals surface area contributed by atoms with Crippen LogP contribution in [0.15, 0.2) is 77.7 Å². The number of anilines is 1. The van der Waals surface area contributed by atoms with Crippen molar-refractivity contribution in [1.82, 2.24) is 10.2 Å². The van der Waals surface area contributed by atoms with Gasteiger partial charge in [0.15, 0.2) is 0 Å². The monoisotopic (exact) mass is 551 g/mol. The number of sulfonamides is 1. The van der Waals surface area contributed by atoms with Gasteiger partial charge in [0, 0.05) is 13.6 Å². The topological polar surface area (TPSA) is 96.0 Å². The van der Waals surface area contributed by atoms with Crippen LogP contribution in [0.3, 0.4) is 0 Å². The van der Waals surface area contributed by atoms with Gasteiger partial charge in [-0.1, -0.05) is 48.9 Å². The number of hydrogen-bond donors (Lipinski definition) is 1. The minimum absolute atomic E-state index is 0.0681. The van der Waals surface area contributed by atoms with Crippen molar-refractivity contribution in [2.75, 3.05) is 24.5 Å². The Labute approximate surface area is 231 Å². The van der Waals surface area contributed by atoms with Gasteiger partial charge >= 0.3 is 0 Å². The summed E-state index contributed by atoms with van der Waals surface area (Å²) in [6.07, 6.45) is 0.366. The summed E-state index contributed by atoms with van der Waals surface area (Å²) >= 11 is 0. The normalized spacial score (nSPS) is 11.9. The third kappa shape index (κ3) is 7.17. The van der Waals surface area contributed by atoms with E-state index in [0.29, 0.717) is 24.5 Å². The van der Waals surface area contributed by atoms with Crippen LogP contribution in [0.5, 0.6) is 5.75 Å². The van der Waals surface area contributed by atoms with Crippen LogP contribution in [0.4, 0.5) is 5.69 Å². The molecule has 0 unspecified atom stereocenters. The number of carbonyl (C=O) groups is 2. The van der Waals surface area contributed by atoms with Crippen molar-refractivity contribution in [2.45, 2.75) is 51.6 Å². The summed E-state index contributed by atoms with van der Waals surface area (Å²) in [5.74, 6) is -0.209. The van der Waals surface area contributed by atoms with E-state index in [1.807, 2.05) is 52.0 Å². The lowest BCUT2D eigenvalue weighted by Gasteiger charge is -2.33. The molecule has 0 bridgehead atoms. The fourth-order valence-corrected chi connectivity index (χ4v) is 5.71. The van der Waals surface area contributed by atoms with E-state index in [9.17, 15) is 18.0 Å². The molecule has 39 heavy (non-hydrogen) atoms. The van der Waals surface area contributed by atoms with E-state index >= 15 is 0 Å². The zero-order valence-electron chi connectivity index (χ0n) is 23.2. The summed E-state index contributed by atoms with van der Waals surface area (Å²) < 4.78 is 34.4. The van der Waals surface area contributed by atoms with Gasteiger partial charge in [0.25, 0.3) is 10.0 Å². The number of nitrogens with zero attached hydrogens (tertiary/aromatic N) is 2. The van der Waals surface area contributed by atoms with Gasteiger partial charge in [0.2, 0.25) is 11.8 Å². The minimum atomic E-state index is -4.12. The first kappa shape index (κ1) is 29.7. The zero-order valence-corrected chi connectivity index (χ0v) is 24.0. The van der Waals surface area contributed by atoms with Gasteiger partial charge in [0.1, 0.15) is 18.3 Å². The highest BCUT2D eigenvalue weighted by atomic mass is 32.2. The molecule has 3 aromatic rings. The van der Waals surface area contributed by atoms with Gasteiger partial charge in [-0.2, -0.15) is 0 Å². The maximum absolute atomic E-state index is 14.0. The molecule has 0 aromatic heterocycles. The van der Waals surface area contributed by atoms with E-state index < -0.39 is 28.5 Å². The largest absolute Gasteiger partial charge is 0.494 e. The predicted molar refractivity (Wildman–Crippen MR) is 153 cm³/mol. The smallest absolute Gasteiger partial charge is 0.264 e. The highest BCUT2D eigenvalue weighted by Gasteiger charge is 2.33. The number of likely N-dealkylation sites (N-methyl/N-ethyl adjacent to an activating group) is 1. The molecule has 3 rings (SSSR count). The lowest BCUT2D eigenvalue weighted by Crippen LogP contribution is -2.51. The Morgan fingerprint density at radius 3 is 2.13 bits per heavy atom. The molecule has 0 radical (unpaired) electrons. The molecule has 0 aliphatic rings. The number of amides is 2. The van der Waals surface area contributed by atoms with Crippen molar-refractivity contribution in [3.05, 3.63) is 89.5 Å². The molecule has 0 spiro atoms. The minimum Gasteiger partial charge on any atom is -0.494 e. The number of ether oxygens (including phenoxy) is 1. The standard InChI is InChI=1S/C30H37N3O5S/c1-6-28(30(35)31-5)32(20-24-11-9-8-10-23(24)4)29(34)21-33(25-14-16-26(17-15-25)38-7-2)39(36,37)27-18-12-22(3)13-19-27/h8-19,28H,6-7,20-21H2,1-5H3,(H,31,35)/t28-/m1/s1. The number of rotatable bonds is 12. The Hall–Kier alpha value is -3.85. The van der Waals surface area contributed by atoms with Crippen molar-refractivity contribution in [3.8, 4) is 5.75 Å². The van der Waals surface area contributed by atoms with Gasteiger partial charge in [-0.05, 0) is 74.7 Å². The summed E-state index contributed by atoms with van der Waals surface area (Å²) in [7, 11) is -2.60. The van der Waals surface area contributed by atoms with Gasteiger partial charge < -0.3 is 15.0 Å². The van der Waals surface area contributed by atoms with Crippen LogP contribution in [-0.4, -0.2) is 51.4 Å². The molecular weight excluding hydrogens is 514 g/mol. The molecule has 1 atom stereocenters. The van der Waals surface area contributed by atoms with E-state index in [1.165, 1.54) is 24.1 Å². The lowest BCUT2D eigenvalue weighted by atomic mass is 10.1. The highest BCUT2D eigenvalue weighted by molar-refractivity contribution is 7.92. The fourth-order valence-electron chi connectivity index (χ4n) is 4.30. The van der Waals surface area contributed by atoms with Crippen LogP contribution in [0, 0.1) is 13.8 Å². The van der Waals surface area contributed by atoms with Crippen LogP contribution in [0.2, 0.25) is 0 Å². The lowest BCUT2D eigenvalue weighted by molar-refractivity contribution is -0.140. The average molecular weight is 552 g/mol. The molecule has 1 N–H and O–H groups in total. The van der Waals surface area contributed by atoms with Crippen molar-refractivity contribution >= 4 is 27.5 Å². The first-order valence-electron chi connectivity index (χ1n) is 13.0. The Kier molecular flexibility index (Phi) is 10.1. The first-order valence-corrected chi connectivity index (χ1v) is 14.4. The number of nitrogens with one attached hydrogen (secondary N) is 1. The molecule has 0 heterocycles. The SMILES string of the molecule is CCOc1ccc(N(CC(=O)N(Cc2ccccc2C)[C@H](CC)C(=O)NC)S(=O)(=O)c2ccc(C)cc2)cc1. The van der Waals surface area contributed by atoms with Crippen molar-refractivity contribution < 1.29 is 22.7 Å². The quantitative estimate of drug-likeness (QED) is 0.359. The van der Waals surface area contributed by atoms with E-state index in [4.69, 9.17) is 4.74 Å². The first-order chi connectivity index (χ1) is 18.6. The molecule has 3 aromatic carbocycles. The van der Waals surface area contributed by atoms with Gasteiger partial charge in [0.05, 0.1) is 17.2 Å². The Balaban J connectivity index is 2.07. The number of aryl methyl sites for hydroxylation is 2. The second-order valence-corrected chi connectivity index (χ2v) is 11.1. The predicted octanol–water partition coefficient (Wildman–Crippen LogP) is 4.45. The third-order valence-electron chi connectivity index (χ3n) is 6.56. The number of hydrogen-bond acceptors (Lipinski definition) is 5. The zero-order chi connectivity index (χ0) is 28.6. The summed E-state index contributed by atoms with van der Waals surface area (Å²) in [6.45, 7) is 7.65. The highest BCUT2D eigenvalue weighted by Crippen LogP contribution is 2.27. The molecule has 2 amide bonds. The van der Waals surface area contributed by atoms with Crippen molar-refractivity contribution in [2.24, 2.45) is 0 Å². The molecule has 0 aliphatic carbocycles. The second kappa shape index (κ2) is 13.3. The van der Waals surface area contributed by atoms with Crippen LogP contribution in [-0.2, 0) is 26.2 Å². The van der Waals surface area contributed by atoms with Gasteiger partial charge in [-0.25, -0.2) is 8.42 Å². The molecule has 8 nitrogen and oxygen atoms in total. The molecule has 208 valence electrons. The maximum atomic E-state index is 14.0. The van der Waals surface area contributed by atoms with E-state index in [0.717, 1.165) is 21.0 Å². The fraction of sp³-hybridized carbons (Fsp3) is 0.333. The van der Waals surface area contributed by atoms with Crippen molar-refractivity contribution in [3.63, 3.8) is 0 Å². The molecular formula is C30H37N3O5S. The summed E-state index contributed by atoms with van der Waals surface area (Å²) in [5.41, 5.74) is 3.08. The van der Waals surface area contributed by atoms with Crippen LogP contribution < -0.4 is 14.4 Å². The van der Waals surface area contributed by atoms with Gasteiger partial charge in [-0.3, -0.25) is 13.9 Å². The van der Waals surface area contributed by atoms with Crippen LogP contribution >= 0.6 is 0 Å². The average Bonchev–Trinajstić information content (AvgIpc) is 2.93. The van der Waals surface area contributed by atoms with Crippen LogP contribution in [0.1, 0.15) is 37.0 Å². The van der Waals surface area contributed by atoms with Crippen LogP contribution in [0.25, 0.3) is 0 Å². The molecule has 9 heteroatoms. The second-order valence-electron chi connectivity index (χ2n) is 9.24. The Morgan fingerprint density at radius 2 is 1.56 bits per heavy atom. The third-order valence-corrected chi connectivity index (χ3v) is 8.35. The maximum Gasteiger partial charge on any atom is 0.264 e.